The Hall–Kier alpha value is -2.01. The maximum absolute atomic E-state index is 12.5. The van der Waals surface area contributed by atoms with Gasteiger partial charge in [0.05, 0.1) is 7.11 Å². The molecule has 0 aromatic heterocycles. The molecule has 0 aliphatic rings. The van der Waals surface area contributed by atoms with Crippen LogP contribution in [0.3, 0.4) is 0 Å². The molecular weight excluding hydrogens is 312 g/mol. The molecule has 0 fully saturated rings. The van der Waals surface area contributed by atoms with Crippen molar-refractivity contribution in [1.29, 1.82) is 0 Å². The van der Waals surface area contributed by atoms with E-state index in [1.54, 1.807) is 37.4 Å². The molecular formula is C18H22O4S. The second-order valence-corrected chi connectivity index (χ2v) is 7.41. The molecule has 0 atom stereocenters. The molecule has 0 saturated heterocycles. The highest BCUT2D eigenvalue weighted by Gasteiger charge is 2.21. The van der Waals surface area contributed by atoms with Crippen molar-refractivity contribution in [3.63, 3.8) is 0 Å². The zero-order chi connectivity index (χ0) is 17.2. The Morgan fingerprint density at radius 3 is 2.09 bits per heavy atom. The summed E-state index contributed by atoms with van der Waals surface area (Å²) in [6.07, 6.45) is 0. The fraction of sp³-hybridized carbons (Fsp3) is 0.333. The monoisotopic (exact) mass is 334 g/mol. The van der Waals surface area contributed by atoms with Gasteiger partial charge in [-0.1, -0.05) is 31.5 Å². The third-order valence-electron chi connectivity index (χ3n) is 3.66. The van der Waals surface area contributed by atoms with Gasteiger partial charge in [0.2, 0.25) is 0 Å². The molecule has 124 valence electrons. The Kier molecular flexibility index (Phi) is 5.00. The van der Waals surface area contributed by atoms with Crippen molar-refractivity contribution in [2.75, 3.05) is 7.11 Å². The summed E-state index contributed by atoms with van der Waals surface area (Å²) in [5.74, 6) is 1.17. The Morgan fingerprint density at radius 1 is 0.957 bits per heavy atom. The van der Waals surface area contributed by atoms with Gasteiger partial charge in [0.25, 0.3) is 0 Å². The smallest absolute Gasteiger partial charge is 0.339 e. The zero-order valence-corrected chi connectivity index (χ0v) is 14.9. The molecule has 0 radical (unpaired) electrons. The summed E-state index contributed by atoms with van der Waals surface area (Å²) in [4.78, 5) is 0.145. The minimum Gasteiger partial charge on any atom is -0.496 e. The highest BCUT2D eigenvalue weighted by atomic mass is 32.2. The molecule has 23 heavy (non-hydrogen) atoms. The first-order valence-electron chi connectivity index (χ1n) is 7.44. The van der Waals surface area contributed by atoms with Gasteiger partial charge in [-0.2, -0.15) is 8.42 Å². The van der Waals surface area contributed by atoms with E-state index in [2.05, 4.69) is 0 Å². The molecule has 5 heteroatoms. The lowest BCUT2D eigenvalue weighted by atomic mass is 10.00. The molecule has 2 rings (SSSR count). The SMILES string of the molecule is COc1cc(C(C)C)c(OS(=O)(=O)c2ccc(C)cc2)cc1C. The van der Waals surface area contributed by atoms with Crippen molar-refractivity contribution in [3.05, 3.63) is 53.1 Å². The number of benzene rings is 2. The van der Waals surface area contributed by atoms with Crippen LogP contribution in [0.2, 0.25) is 0 Å². The number of aryl methyl sites for hydroxylation is 2. The average Bonchev–Trinajstić information content (AvgIpc) is 2.47. The predicted molar refractivity (Wildman–Crippen MR) is 90.8 cm³/mol. The fourth-order valence-electron chi connectivity index (χ4n) is 2.29. The van der Waals surface area contributed by atoms with Crippen molar-refractivity contribution >= 4 is 10.1 Å². The molecule has 0 N–H and O–H groups in total. The average molecular weight is 334 g/mol. The Balaban J connectivity index is 2.46. The lowest BCUT2D eigenvalue weighted by Crippen LogP contribution is -2.11. The number of hydrogen-bond acceptors (Lipinski definition) is 4. The minimum absolute atomic E-state index is 0.104. The zero-order valence-electron chi connectivity index (χ0n) is 14.1. The van der Waals surface area contributed by atoms with Crippen molar-refractivity contribution in [2.45, 2.75) is 38.5 Å². The second-order valence-electron chi connectivity index (χ2n) is 5.86. The summed E-state index contributed by atoms with van der Waals surface area (Å²) < 4.78 is 35.7. The normalized spacial score (nSPS) is 11.6. The number of methoxy groups -OCH3 is 1. The van der Waals surface area contributed by atoms with E-state index in [0.29, 0.717) is 11.5 Å². The largest absolute Gasteiger partial charge is 0.496 e. The van der Waals surface area contributed by atoms with Crippen LogP contribution in [0.5, 0.6) is 11.5 Å². The van der Waals surface area contributed by atoms with Crippen LogP contribution in [0.15, 0.2) is 41.3 Å². The molecule has 2 aromatic carbocycles. The van der Waals surface area contributed by atoms with Crippen LogP contribution >= 0.6 is 0 Å². The van der Waals surface area contributed by atoms with E-state index in [0.717, 1.165) is 16.7 Å². The van der Waals surface area contributed by atoms with Gasteiger partial charge < -0.3 is 8.92 Å². The van der Waals surface area contributed by atoms with E-state index >= 15 is 0 Å². The van der Waals surface area contributed by atoms with E-state index in [-0.39, 0.29) is 10.8 Å². The van der Waals surface area contributed by atoms with Crippen LogP contribution in [0.1, 0.15) is 36.5 Å². The topological polar surface area (TPSA) is 52.6 Å². The van der Waals surface area contributed by atoms with Gasteiger partial charge in [-0.25, -0.2) is 0 Å². The summed E-state index contributed by atoms with van der Waals surface area (Å²) in [6.45, 7) is 7.72. The summed E-state index contributed by atoms with van der Waals surface area (Å²) in [7, 11) is -2.27. The van der Waals surface area contributed by atoms with E-state index in [4.69, 9.17) is 8.92 Å². The third kappa shape index (κ3) is 3.85. The first kappa shape index (κ1) is 17.3. The Bertz CT molecular complexity index is 791. The van der Waals surface area contributed by atoms with Crippen LogP contribution in [-0.4, -0.2) is 15.5 Å². The van der Waals surface area contributed by atoms with E-state index in [1.165, 1.54) is 0 Å². The lowest BCUT2D eigenvalue weighted by Gasteiger charge is -2.17. The highest BCUT2D eigenvalue weighted by Crippen LogP contribution is 2.34. The summed E-state index contributed by atoms with van der Waals surface area (Å²) in [6, 6.07) is 10.1. The van der Waals surface area contributed by atoms with E-state index in [9.17, 15) is 8.42 Å². The minimum atomic E-state index is -3.86. The first-order valence-corrected chi connectivity index (χ1v) is 8.85. The first-order chi connectivity index (χ1) is 10.7. The predicted octanol–water partition coefficient (Wildman–Crippen LogP) is 4.20. The number of ether oxygens (including phenoxy) is 1. The third-order valence-corrected chi connectivity index (χ3v) is 4.91. The quantitative estimate of drug-likeness (QED) is 0.769. The maximum atomic E-state index is 12.5. The molecule has 0 unspecified atom stereocenters. The van der Waals surface area contributed by atoms with Crippen molar-refractivity contribution < 1.29 is 17.3 Å². The molecule has 2 aromatic rings. The van der Waals surface area contributed by atoms with Gasteiger partial charge in [-0.05, 0) is 49.6 Å². The van der Waals surface area contributed by atoms with Crippen LogP contribution in [0, 0.1) is 13.8 Å². The summed E-state index contributed by atoms with van der Waals surface area (Å²) in [5.41, 5.74) is 2.61. The molecule has 0 aliphatic carbocycles. The molecule has 4 nitrogen and oxygen atoms in total. The molecule has 0 heterocycles. The van der Waals surface area contributed by atoms with E-state index < -0.39 is 10.1 Å². The van der Waals surface area contributed by atoms with Crippen LogP contribution in [-0.2, 0) is 10.1 Å². The maximum Gasteiger partial charge on any atom is 0.339 e. The van der Waals surface area contributed by atoms with Crippen LogP contribution in [0.4, 0.5) is 0 Å². The lowest BCUT2D eigenvalue weighted by molar-refractivity contribution is 0.409. The number of rotatable bonds is 5. The van der Waals surface area contributed by atoms with Gasteiger partial charge in [0.1, 0.15) is 16.4 Å². The van der Waals surface area contributed by atoms with Crippen LogP contribution < -0.4 is 8.92 Å². The molecule has 0 saturated carbocycles. The van der Waals surface area contributed by atoms with Crippen molar-refractivity contribution in [2.24, 2.45) is 0 Å². The molecule has 0 aliphatic heterocycles. The van der Waals surface area contributed by atoms with Gasteiger partial charge in [0, 0.05) is 5.56 Å². The van der Waals surface area contributed by atoms with Crippen molar-refractivity contribution in [3.8, 4) is 11.5 Å². The second kappa shape index (κ2) is 6.62. The fourth-order valence-corrected chi connectivity index (χ4v) is 3.24. The summed E-state index contributed by atoms with van der Waals surface area (Å²) >= 11 is 0. The molecule has 0 spiro atoms. The van der Waals surface area contributed by atoms with Crippen molar-refractivity contribution in [1.82, 2.24) is 0 Å². The summed E-state index contributed by atoms with van der Waals surface area (Å²) in [5, 5.41) is 0. The standard InChI is InChI=1S/C18H22O4S/c1-12(2)16-11-17(21-5)14(4)10-18(16)22-23(19,20)15-8-6-13(3)7-9-15/h6-12H,1-5H3. The molecule has 0 bridgehead atoms. The van der Waals surface area contributed by atoms with Gasteiger partial charge in [-0.3, -0.25) is 0 Å². The number of hydrogen-bond donors (Lipinski definition) is 0. The molecule has 0 amide bonds. The van der Waals surface area contributed by atoms with Gasteiger partial charge in [-0.15, -0.1) is 0 Å². The highest BCUT2D eigenvalue weighted by molar-refractivity contribution is 7.87. The van der Waals surface area contributed by atoms with Gasteiger partial charge >= 0.3 is 10.1 Å². The Morgan fingerprint density at radius 2 is 1.57 bits per heavy atom. The Labute approximate surface area is 138 Å². The van der Waals surface area contributed by atoms with Crippen LogP contribution in [0.25, 0.3) is 0 Å². The van der Waals surface area contributed by atoms with E-state index in [1.807, 2.05) is 33.8 Å². The van der Waals surface area contributed by atoms with Gasteiger partial charge in [0.15, 0.2) is 0 Å².